The van der Waals surface area contributed by atoms with Gasteiger partial charge in [-0.2, -0.15) is 9.29 Å². The molecule has 0 bridgehead atoms. The summed E-state index contributed by atoms with van der Waals surface area (Å²) in [7, 11) is -3.68. The maximum absolute atomic E-state index is 13.2. The molecular formula is C21H23N3O5S2. The maximum atomic E-state index is 13.2. The molecule has 10 heteroatoms. The van der Waals surface area contributed by atoms with Gasteiger partial charge in [-0.1, -0.05) is 35.5 Å². The Labute approximate surface area is 184 Å². The molecule has 1 aromatic carbocycles. The van der Waals surface area contributed by atoms with Crippen LogP contribution in [0.4, 0.5) is 0 Å². The molecule has 4 rings (SSSR count). The first-order chi connectivity index (χ1) is 14.9. The SMILES string of the molecule is CCOC(=O)C1CCN(S(=O)(=O)c2cc(-c3nc(-c4ccccc4)no3)sc2C)CC1. The van der Waals surface area contributed by atoms with Crippen LogP contribution in [0.1, 0.15) is 24.6 Å². The van der Waals surface area contributed by atoms with Gasteiger partial charge in [-0.05, 0) is 32.8 Å². The largest absolute Gasteiger partial charge is 0.466 e. The monoisotopic (exact) mass is 461 g/mol. The predicted molar refractivity (Wildman–Crippen MR) is 116 cm³/mol. The van der Waals surface area contributed by atoms with E-state index < -0.39 is 10.0 Å². The van der Waals surface area contributed by atoms with E-state index in [4.69, 9.17) is 9.26 Å². The Kier molecular flexibility index (Phi) is 6.22. The van der Waals surface area contributed by atoms with Crippen molar-refractivity contribution in [2.45, 2.75) is 31.6 Å². The number of rotatable bonds is 6. The average Bonchev–Trinajstić information content (AvgIpc) is 3.42. The molecule has 0 saturated carbocycles. The molecule has 0 radical (unpaired) electrons. The number of carbonyl (C=O) groups is 1. The fraction of sp³-hybridized carbons (Fsp3) is 0.381. The number of hydrogen-bond donors (Lipinski definition) is 0. The first-order valence-corrected chi connectivity index (χ1v) is 12.3. The third kappa shape index (κ3) is 4.41. The Hall–Kier alpha value is -2.56. The van der Waals surface area contributed by atoms with Crippen molar-refractivity contribution in [1.29, 1.82) is 0 Å². The van der Waals surface area contributed by atoms with Crippen molar-refractivity contribution < 1.29 is 22.5 Å². The number of sulfonamides is 1. The lowest BCUT2D eigenvalue weighted by Gasteiger charge is -2.30. The number of piperidine rings is 1. The molecule has 1 fully saturated rings. The topological polar surface area (TPSA) is 103 Å². The Morgan fingerprint density at radius 3 is 2.65 bits per heavy atom. The second kappa shape index (κ2) is 8.89. The van der Waals surface area contributed by atoms with Gasteiger partial charge in [0.2, 0.25) is 15.8 Å². The van der Waals surface area contributed by atoms with Gasteiger partial charge in [0.1, 0.15) is 0 Å². The van der Waals surface area contributed by atoms with Crippen LogP contribution in [0.25, 0.3) is 22.2 Å². The van der Waals surface area contributed by atoms with Crippen LogP contribution in [-0.2, 0) is 19.6 Å². The number of benzene rings is 1. The number of carbonyl (C=O) groups excluding carboxylic acids is 1. The van der Waals surface area contributed by atoms with Crippen molar-refractivity contribution in [3.8, 4) is 22.2 Å². The van der Waals surface area contributed by atoms with E-state index >= 15 is 0 Å². The summed E-state index contributed by atoms with van der Waals surface area (Å²) in [6.45, 7) is 4.43. The van der Waals surface area contributed by atoms with Crippen LogP contribution in [0.5, 0.6) is 0 Å². The Balaban J connectivity index is 1.52. The summed E-state index contributed by atoms with van der Waals surface area (Å²) < 4.78 is 38.3. The zero-order chi connectivity index (χ0) is 22.0. The summed E-state index contributed by atoms with van der Waals surface area (Å²) in [5.41, 5.74) is 0.822. The molecule has 164 valence electrons. The van der Waals surface area contributed by atoms with E-state index in [0.717, 1.165) is 5.56 Å². The molecule has 3 aromatic rings. The second-order valence-electron chi connectivity index (χ2n) is 7.25. The van der Waals surface area contributed by atoms with Crippen molar-refractivity contribution in [3.63, 3.8) is 0 Å². The Morgan fingerprint density at radius 1 is 1.26 bits per heavy atom. The summed E-state index contributed by atoms with van der Waals surface area (Å²) in [6, 6.07) is 11.0. The van der Waals surface area contributed by atoms with E-state index in [1.807, 2.05) is 30.3 Å². The molecule has 8 nitrogen and oxygen atoms in total. The fourth-order valence-electron chi connectivity index (χ4n) is 3.59. The quantitative estimate of drug-likeness (QED) is 0.515. The van der Waals surface area contributed by atoms with Crippen LogP contribution in [0, 0.1) is 12.8 Å². The summed E-state index contributed by atoms with van der Waals surface area (Å²) in [6.07, 6.45) is 0.913. The summed E-state index contributed by atoms with van der Waals surface area (Å²) >= 11 is 1.30. The van der Waals surface area contributed by atoms with Crippen LogP contribution in [-0.4, -0.2) is 48.5 Å². The molecule has 1 aliphatic heterocycles. The summed E-state index contributed by atoms with van der Waals surface area (Å²) in [5, 5.41) is 4.01. The molecule has 0 unspecified atom stereocenters. The van der Waals surface area contributed by atoms with E-state index in [1.54, 1.807) is 19.9 Å². The van der Waals surface area contributed by atoms with Gasteiger partial charge in [-0.15, -0.1) is 11.3 Å². The molecule has 1 aliphatic rings. The second-order valence-corrected chi connectivity index (χ2v) is 10.4. The van der Waals surface area contributed by atoms with E-state index in [9.17, 15) is 13.2 Å². The zero-order valence-electron chi connectivity index (χ0n) is 17.3. The highest BCUT2D eigenvalue weighted by molar-refractivity contribution is 7.89. The smallest absolute Gasteiger partial charge is 0.309 e. The minimum absolute atomic E-state index is 0.238. The van der Waals surface area contributed by atoms with E-state index in [-0.39, 0.29) is 35.8 Å². The van der Waals surface area contributed by atoms with Crippen LogP contribution in [0.3, 0.4) is 0 Å². The number of nitrogens with zero attached hydrogens (tertiary/aromatic N) is 3. The molecule has 0 spiro atoms. The highest BCUT2D eigenvalue weighted by Gasteiger charge is 2.34. The number of ether oxygens (including phenoxy) is 1. The van der Waals surface area contributed by atoms with Gasteiger partial charge in [-0.3, -0.25) is 4.79 Å². The molecule has 2 aromatic heterocycles. The number of thiophene rings is 1. The van der Waals surface area contributed by atoms with E-state index in [1.165, 1.54) is 15.6 Å². The van der Waals surface area contributed by atoms with Gasteiger partial charge >= 0.3 is 5.97 Å². The van der Waals surface area contributed by atoms with Crippen LogP contribution in [0.2, 0.25) is 0 Å². The molecule has 3 heterocycles. The van der Waals surface area contributed by atoms with Gasteiger partial charge in [0.15, 0.2) is 0 Å². The molecule has 0 N–H and O–H groups in total. The van der Waals surface area contributed by atoms with Crippen molar-refractivity contribution in [3.05, 3.63) is 41.3 Å². The Bertz CT molecular complexity index is 1160. The van der Waals surface area contributed by atoms with Crippen LogP contribution < -0.4 is 0 Å². The maximum Gasteiger partial charge on any atom is 0.309 e. The molecule has 0 atom stereocenters. The highest BCUT2D eigenvalue weighted by Crippen LogP contribution is 2.36. The average molecular weight is 462 g/mol. The first-order valence-electron chi connectivity index (χ1n) is 10.1. The molecular weight excluding hydrogens is 438 g/mol. The number of aryl methyl sites for hydroxylation is 1. The van der Waals surface area contributed by atoms with Gasteiger partial charge in [0.25, 0.3) is 5.89 Å². The van der Waals surface area contributed by atoms with E-state index in [2.05, 4.69) is 10.1 Å². The third-order valence-corrected chi connectivity index (χ3v) is 8.43. The Morgan fingerprint density at radius 2 is 1.97 bits per heavy atom. The van der Waals surface area contributed by atoms with Gasteiger partial charge < -0.3 is 9.26 Å². The van der Waals surface area contributed by atoms with E-state index in [0.29, 0.717) is 35.0 Å². The van der Waals surface area contributed by atoms with Crippen molar-refractivity contribution in [2.24, 2.45) is 5.92 Å². The molecule has 31 heavy (non-hydrogen) atoms. The molecule has 1 saturated heterocycles. The number of aromatic nitrogens is 2. The van der Waals surface area contributed by atoms with Crippen LogP contribution in [0.15, 0.2) is 45.8 Å². The molecule has 0 aliphatic carbocycles. The van der Waals surface area contributed by atoms with Gasteiger partial charge in [-0.25, -0.2) is 8.42 Å². The summed E-state index contributed by atoms with van der Waals surface area (Å²) in [4.78, 5) is 17.8. The van der Waals surface area contributed by atoms with Crippen molar-refractivity contribution >= 4 is 27.3 Å². The lowest BCUT2D eigenvalue weighted by molar-refractivity contribution is -0.149. The van der Waals surface area contributed by atoms with Crippen LogP contribution >= 0.6 is 11.3 Å². The van der Waals surface area contributed by atoms with Crippen molar-refractivity contribution in [2.75, 3.05) is 19.7 Å². The van der Waals surface area contributed by atoms with Crippen molar-refractivity contribution in [1.82, 2.24) is 14.4 Å². The fourth-order valence-corrected chi connectivity index (χ4v) is 6.54. The minimum Gasteiger partial charge on any atom is -0.466 e. The highest BCUT2D eigenvalue weighted by atomic mass is 32.2. The standard InChI is InChI=1S/C21H23N3O5S2/c1-3-28-21(25)16-9-11-24(12-10-16)31(26,27)18-13-17(30-14(18)2)20-22-19(23-29-20)15-7-5-4-6-8-15/h4-8,13,16H,3,9-12H2,1-2H3. The zero-order valence-corrected chi connectivity index (χ0v) is 18.9. The lowest BCUT2D eigenvalue weighted by atomic mass is 9.98. The van der Waals surface area contributed by atoms with Gasteiger partial charge in [0, 0.05) is 23.5 Å². The first kappa shape index (κ1) is 21.7. The minimum atomic E-state index is -3.68. The predicted octanol–water partition coefficient (Wildman–Crippen LogP) is 3.74. The summed E-state index contributed by atoms with van der Waals surface area (Å²) in [5.74, 6) is 0.237. The number of esters is 1. The number of hydrogen-bond acceptors (Lipinski definition) is 8. The normalized spacial score (nSPS) is 15.8. The third-order valence-electron chi connectivity index (χ3n) is 5.23. The lowest BCUT2D eigenvalue weighted by Crippen LogP contribution is -2.40. The molecule has 0 amide bonds. The van der Waals surface area contributed by atoms with Gasteiger partial charge in [0.05, 0.1) is 22.3 Å².